The van der Waals surface area contributed by atoms with Gasteiger partial charge in [0.1, 0.15) is 0 Å². The van der Waals surface area contributed by atoms with Crippen LogP contribution in [0.1, 0.15) is 0 Å². The van der Waals surface area contributed by atoms with Crippen molar-refractivity contribution in [1.29, 1.82) is 0 Å². The van der Waals surface area contributed by atoms with Crippen molar-refractivity contribution in [1.82, 2.24) is 10.2 Å². The van der Waals surface area contributed by atoms with Gasteiger partial charge in [-0.3, -0.25) is 10.1 Å². The van der Waals surface area contributed by atoms with Crippen LogP contribution in [0.2, 0.25) is 0 Å². The lowest BCUT2D eigenvalue weighted by atomic mass is 10.2. The molecule has 0 amide bonds. The van der Waals surface area contributed by atoms with Crippen LogP contribution in [0.15, 0.2) is 28.7 Å². The summed E-state index contributed by atoms with van der Waals surface area (Å²) in [7, 11) is 0. The van der Waals surface area contributed by atoms with E-state index in [4.69, 9.17) is 10.2 Å². The van der Waals surface area contributed by atoms with Crippen LogP contribution in [0.3, 0.4) is 0 Å². The van der Waals surface area contributed by atoms with Gasteiger partial charge in [0.05, 0.1) is 4.92 Å². The van der Waals surface area contributed by atoms with E-state index in [1.165, 1.54) is 24.3 Å². The van der Waals surface area contributed by atoms with Gasteiger partial charge < -0.3 is 10.2 Å². The molecule has 0 fully saturated rings. The van der Waals surface area contributed by atoms with Crippen LogP contribution in [0.25, 0.3) is 11.5 Å². The quantitative estimate of drug-likeness (QED) is 0.584. The van der Waals surface area contributed by atoms with Crippen molar-refractivity contribution in [3.05, 3.63) is 34.4 Å². The fourth-order valence-electron chi connectivity index (χ4n) is 1.08. The second-order valence-corrected chi connectivity index (χ2v) is 2.75. The first-order valence-electron chi connectivity index (χ1n) is 4.00. The van der Waals surface area contributed by atoms with Gasteiger partial charge in [-0.05, 0) is 12.1 Å². The van der Waals surface area contributed by atoms with Crippen molar-refractivity contribution in [2.45, 2.75) is 0 Å². The fourth-order valence-corrected chi connectivity index (χ4v) is 1.08. The first kappa shape index (κ1) is 9.13. The van der Waals surface area contributed by atoms with E-state index in [2.05, 4.69) is 10.2 Å². The number of benzene rings is 1. The molecule has 7 heteroatoms. The van der Waals surface area contributed by atoms with Crippen LogP contribution in [0, 0.1) is 10.1 Å². The molecule has 1 aromatic carbocycles. The molecule has 7 nitrogen and oxygen atoms in total. The molecule has 0 saturated carbocycles. The van der Waals surface area contributed by atoms with Crippen LogP contribution >= 0.6 is 0 Å². The molecule has 0 bridgehead atoms. The topological polar surface area (TPSA) is 108 Å². The lowest BCUT2D eigenvalue weighted by Crippen LogP contribution is -1.87. The summed E-state index contributed by atoms with van der Waals surface area (Å²) >= 11 is 0. The van der Waals surface area contributed by atoms with Crippen LogP contribution in [0.4, 0.5) is 11.7 Å². The van der Waals surface area contributed by atoms with Gasteiger partial charge in [-0.25, -0.2) is 0 Å². The summed E-state index contributed by atoms with van der Waals surface area (Å²) in [5, 5.41) is 17.5. The average molecular weight is 206 g/mol. The number of anilines is 1. The van der Waals surface area contributed by atoms with Gasteiger partial charge >= 0.3 is 6.01 Å². The Labute approximate surface area is 83.7 Å². The minimum Gasteiger partial charge on any atom is -0.404 e. The number of nitro benzene ring substituents is 1. The number of nitrogens with two attached hydrogens (primary N) is 1. The van der Waals surface area contributed by atoms with Crippen LogP contribution < -0.4 is 5.73 Å². The molecule has 0 aliphatic heterocycles. The molecule has 2 aromatic rings. The van der Waals surface area contributed by atoms with Crippen molar-refractivity contribution in [3.8, 4) is 11.5 Å². The number of hydrogen-bond donors (Lipinski definition) is 1. The minimum atomic E-state index is -0.480. The van der Waals surface area contributed by atoms with E-state index in [0.29, 0.717) is 5.56 Å². The fraction of sp³-hybridized carbons (Fsp3) is 0. The molecule has 1 heterocycles. The molecule has 15 heavy (non-hydrogen) atoms. The number of hydrogen-bond acceptors (Lipinski definition) is 6. The largest absolute Gasteiger partial charge is 0.404 e. The Hall–Kier alpha value is -2.44. The second-order valence-electron chi connectivity index (χ2n) is 2.75. The smallest absolute Gasteiger partial charge is 0.313 e. The van der Waals surface area contributed by atoms with Gasteiger partial charge in [0.25, 0.3) is 5.69 Å². The van der Waals surface area contributed by atoms with Crippen molar-refractivity contribution in [2.24, 2.45) is 0 Å². The third-order valence-electron chi connectivity index (χ3n) is 1.77. The molecule has 2 rings (SSSR count). The maximum absolute atomic E-state index is 10.4. The number of aromatic nitrogens is 2. The summed E-state index contributed by atoms with van der Waals surface area (Å²) in [6.07, 6.45) is 0. The highest BCUT2D eigenvalue weighted by Gasteiger charge is 2.09. The third kappa shape index (κ3) is 1.75. The van der Waals surface area contributed by atoms with E-state index in [1.807, 2.05) is 0 Å². The summed E-state index contributed by atoms with van der Waals surface area (Å²) in [5.74, 6) is 0.238. The highest BCUT2D eigenvalue weighted by molar-refractivity contribution is 5.55. The molecule has 0 unspecified atom stereocenters. The van der Waals surface area contributed by atoms with E-state index >= 15 is 0 Å². The van der Waals surface area contributed by atoms with Gasteiger partial charge in [0.15, 0.2) is 0 Å². The van der Waals surface area contributed by atoms with Gasteiger partial charge in [-0.15, -0.1) is 5.10 Å². The van der Waals surface area contributed by atoms with E-state index in [-0.39, 0.29) is 17.6 Å². The lowest BCUT2D eigenvalue weighted by Gasteiger charge is -1.93. The molecule has 1 aromatic heterocycles. The van der Waals surface area contributed by atoms with E-state index < -0.39 is 4.92 Å². The first-order valence-corrected chi connectivity index (χ1v) is 4.00. The number of rotatable bonds is 2. The molecular formula is C8H6N4O3. The Bertz CT molecular complexity index is 491. The number of nitro groups is 1. The highest BCUT2D eigenvalue weighted by atomic mass is 16.6. The Morgan fingerprint density at radius 1 is 1.27 bits per heavy atom. The Morgan fingerprint density at radius 3 is 2.40 bits per heavy atom. The zero-order chi connectivity index (χ0) is 10.8. The van der Waals surface area contributed by atoms with Crippen molar-refractivity contribution in [3.63, 3.8) is 0 Å². The average Bonchev–Trinajstić information content (AvgIpc) is 2.65. The summed E-state index contributed by atoms with van der Waals surface area (Å²) in [6.45, 7) is 0. The predicted molar refractivity (Wildman–Crippen MR) is 50.8 cm³/mol. The van der Waals surface area contributed by atoms with Gasteiger partial charge in [-0.1, -0.05) is 5.10 Å². The van der Waals surface area contributed by atoms with Gasteiger partial charge in [0.2, 0.25) is 5.89 Å². The van der Waals surface area contributed by atoms with Crippen molar-refractivity contribution < 1.29 is 9.34 Å². The zero-order valence-electron chi connectivity index (χ0n) is 7.45. The third-order valence-corrected chi connectivity index (χ3v) is 1.77. The maximum Gasteiger partial charge on any atom is 0.313 e. The van der Waals surface area contributed by atoms with Crippen LogP contribution in [-0.2, 0) is 0 Å². The molecule has 0 atom stereocenters. The van der Waals surface area contributed by atoms with E-state index in [1.54, 1.807) is 0 Å². The molecule has 0 saturated heterocycles. The Balaban J connectivity index is 2.35. The second kappa shape index (κ2) is 3.37. The summed E-state index contributed by atoms with van der Waals surface area (Å²) in [4.78, 5) is 9.91. The predicted octanol–water partition coefficient (Wildman–Crippen LogP) is 1.23. The van der Waals surface area contributed by atoms with Gasteiger partial charge in [0, 0.05) is 17.7 Å². The number of nitrogens with zero attached hydrogens (tertiary/aromatic N) is 3. The molecule has 2 N–H and O–H groups in total. The SMILES string of the molecule is Nc1nnc(-c2ccc([N+](=O)[O-])cc2)o1. The van der Waals surface area contributed by atoms with Crippen LogP contribution in [-0.4, -0.2) is 15.1 Å². The van der Waals surface area contributed by atoms with Crippen molar-refractivity contribution >= 4 is 11.7 Å². The highest BCUT2D eigenvalue weighted by Crippen LogP contribution is 2.21. The molecule has 76 valence electrons. The Kier molecular flexibility index (Phi) is 2.05. The Morgan fingerprint density at radius 2 is 1.93 bits per heavy atom. The monoisotopic (exact) mass is 206 g/mol. The van der Waals surface area contributed by atoms with E-state index in [0.717, 1.165) is 0 Å². The summed E-state index contributed by atoms with van der Waals surface area (Å²) in [5.41, 5.74) is 5.84. The molecule has 0 spiro atoms. The zero-order valence-corrected chi connectivity index (χ0v) is 7.45. The number of nitrogen functional groups attached to an aromatic ring is 1. The minimum absolute atomic E-state index is 0.00578. The molecule has 0 radical (unpaired) electrons. The lowest BCUT2D eigenvalue weighted by molar-refractivity contribution is -0.384. The first-order chi connectivity index (χ1) is 7.16. The molecule has 0 aliphatic carbocycles. The summed E-state index contributed by atoms with van der Waals surface area (Å²) < 4.78 is 4.96. The normalized spacial score (nSPS) is 10.1. The standard InChI is InChI=1S/C8H6N4O3/c9-8-11-10-7(15-8)5-1-3-6(4-2-5)12(13)14/h1-4H,(H2,9,11). The molecular weight excluding hydrogens is 200 g/mol. The number of non-ortho nitro benzene ring substituents is 1. The van der Waals surface area contributed by atoms with E-state index in [9.17, 15) is 10.1 Å². The van der Waals surface area contributed by atoms with Gasteiger partial charge in [-0.2, -0.15) is 0 Å². The summed E-state index contributed by atoms with van der Waals surface area (Å²) in [6, 6.07) is 5.71. The molecule has 0 aliphatic rings. The van der Waals surface area contributed by atoms with Crippen LogP contribution in [0.5, 0.6) is 0 Å². The van der Waals surface area contributed by atoms with Crippen molar-refractivity contribution in [2.75, 3.05) is 5.73 Å². The maximum atomic E-state index is 10.4.